The molecule has 0 saturated heterocycles. The third-order valence-corrected chi connectivity index (χ3v) is 2.34. The number of aryl methyl sites for hydroxylation is 1. The molecule has 1 aromatic carbocycles. The van der Waals surface area contributed by atoms with Crippen LogP contribution in [0.15, 0.2) is 18.2 Å². The van der Waals surface area contributed by atoms with E-state index in [0.717, 1.165) is 6.04 Å². The highest BCUT2D eigenvalue weighted by atomic mass is 127. The van der Waals surface area contributed by atoms with E-state index in [4.69, 9.17) is 0 Å². The molecule has 0 heterocycles. The van der Waals surface area contributed by atoms with Gasteiger partial charge in [-0.25, -0.2) is 0 Å². The first-order valence-corrected chi connectivity index (χ1v) is 4.91. The van der Waals surface area contributed by atoms with Crippen molar-refractivity contribution >= 4 is 32.8 Å². The van der Waals surface area contributed by atoms with Gasteiger partial charge in [0.25, 0.3) is 0 Å². The first-order valence-electron chi connectivity index (χ1n) is 3.13. The molecule has 0 spiro atoms. The molecule has 3 radical (unpaired) electrons. The summed E-state index contributed by atoms with van der Waals surface area (Å²) >= 11 is 2.33. The quantitative estimate of drug-likeness (QED) is 0.536. The average Bonchev–Trinajstić information content (AvgIpc) is 1.85. The topological polar surface area (TPSA) is 0 Å². The zero-order chi connectivity index (χ0) is 7.56. The molecule has 0 atom stereocenters. The fraction of sp³-hybridized carbons (Fsp3) is 0.250. The summed E-state index contributed by atoms with van der Waals surface area (Å²) in [6, 6.07) is 7.49. The van der Waals surface area contributed by atoms with E-state index >= 15 is 0 Å². The molecule has 10 heavy (non-hydrogen) atoms. The fourth-order valence-electron chi connectivity index (χ4n) is 0.914. The molecule has 0 bridgehead atoms. The van der Waals surface area contributed by atoms with E-state index in [1.165, 1.54) is 14.7 Å². The summed E-state index contributed by atoms with van der Waals surface area (Å²) < 4.78 is 1.31. The maximum absolute atomic E-state index is 3.47. The van der Waals surface area contributed by atoms with Crippen molar-refractivity contribution in [2.75, 3.05) is 0 Å². The van der Waals surface area contributed by atoms with Crippen molar-refractivity contribution in [1.82, 2.24) is 0 Å². The summed E-state index contributed by atoms with van der Waals surface area (Å²) in [6.45, 7) is 2.12. The monoisotopic (exact) mass is 259 g/mol. The lowest BCUT2D eigenvalue weighted by atomic mass is 10.2. The van der Waals surface area contributed by atoms with Gasteiger partial charge in [0, 0.05) is 13.8 Å². The third kappa shape index (κ3) is 2.09. The zero-order valence-corrected chi connectivity index (χ0v) is 8.97. The molecule has 2 heteroatoms. The van der Waals surface area contributed by atoms with E-state index in [1.807, 2.05) is 0 Å². The van der Waals surface area contributed by atoms with Crippen molar-refractivity contribution in [1.29, 1.82) is 0 Å². The van der Waals surface area contributed by atoms with Crippen LogP contribution in [0.5, 0.6) is 0 Å². The van der Waals surface area contributed by atoms with Gasteiger partial charge in [0.2, 0.25) is 0 Å². The summed E-state index contributed by atoms with van der Waals surface area (Å²) in [5, 5.41) is 0. The van der Waals surface area contributed by atoms with Crippen molar-refractivity contribution in [3.8, 4) is 0 Å². The normalized spacial score (nSPS) is 9.90. The molecule has 0 aliphatic carbocycles. The van der Waals surface area contributed by atoms with Crippen LogP contribution in [0.3, 0.4) is 0 Å². The number of hydrogen-bond donors (Lipinski definition) is 0. The summed E-state index contributed by atoms with van der Waals surface area (Å²) in [5.41, 5.74) is 2.68. The van der Waals surface area contributed by atoms with Gasteiger partial charge in [0.15, 0.2) is 0 Å². The van der Waals surface area contributed by atoms with Gasteiger partial charge in [-0.2, -0.15) is 0 Å². The van der Waals surface area contributed by atoms with Crippen molar-refractivity contribution in [2.45, 2.75) is 13.0 Å². The minimum atomic E-state index is 0.942. The number of rotatable bonds is 1. The summed E-state index contributed by atoms with van der Waals surface area (Å²) in [4.78, 5) is 0. The number of benzene rings is 1. The van der Waals surface area contributed by atoms with Gasteiger partial charge in [0.05, 0.1) is 0 Å². The van der Waals surface area contributed by atoms with Crippen LogP contribution >= 0.6 is 22.6 Å². The maximum Gasteiger partial charge on any atom is 0.0283 e. The predicted octanol–water partition coefficient (Wildman–Crippen LogP) is 2.27. The number of hydrogen-bond acceptors (Lipinski definition) is 0. The van der Waals surface area contributed by atoms with Crippen LogP contribution in [0.25, 0.3) is 0 Å². The molecule has 0 saturated carbocycles. The Labute approximate surface area is 78.6 Å². The van der Waals surface area contributed by atoms with Crippen molar-refractivity contribution in [3.05, 3.63) is 32.9 Å². The molecule has 1 aromatic rings. The molecule has 1 rings (SSSR count). The second-order valence-corrected chi connectivity index (χ2v) is 3.91. The van der Waals surface area contributed by atoms with E-state index in [-0.39, 0.29) is 0 Å². The highest BCUT2D eigenvalue weighted by molar-refractivity contribution is 14.1. The van der Waals surface area contributed by atoms with Gasteiger partial charge >= 0.3 is 0 Å². The Morgan fingerprint density at radius 1 is 1.40 bits per heavy atom. The van der Waals surface area contributed by atoms with Crippen LogP contribution in [0.1, 0.15) is 11.1 Å². The highest BCUT2D eigenvalue weighted by Gasteiger charge is 1.92. The lowest BCUT2D eigenvalue weighted by molar-refractivity contribution is 1.33. The predicted molar refractivity (Wildman–Crippen MR) is 53.4 cm³/mol. The van der Waals surface area contributed by atoms with Crippen LogP contribution in [-0.4, -0.2) is 10.2 Å². The Hall–Kier alpha value is 0.167. The molecule has 51 valence electrons. The summed E-state index contributed by atoms with van der Waals surface area (Å²) in [5.74, 6) is 0. The summed E-state index contributed by atoms with van der Waals surface area (Å²) in [7, 11) is 3.47. The molecule has 0 unspecified atom stereocenters. The van der Waals surface area contributed by atoms with E-state index in [9.17, 15) is 0 Å². The van der Waals surface area contributed by atoms with Crippen LogP contribution < -0.4 is 0 Å². The van der Waals surface area contributed by atoms with Crippen LogP contribution in [0.4, 0.5) is 0 Å². The molecule has 0 aromatic heterocycles. The molecule has 0 amide bonds. The van der Waals surface area contributed by atoms with Crippen LogP contribution in [-0.2, 0) is 6.04 Å². The van der Waals surface area contributed by atoms with Crippen LogP contribution in [0.2, 0.25) is 0 Å². The first kappa shape index (κ1) is 8.27. The lowest BCUT2D eigenvalue weighted by Gasteiger charge is -1.99. The zero-order valence-electron chi connectivity index (χ0n) is 5.82. The Balaban J connectivity index is 3.06. The van der Waals surface area contributed by atoms with Gasteiger partial charge in [-0.15, -0.1) is 0 Å². The molecule has 0 fully saturated rings. The largest absolute Gasteiger partial charge is 0.0563 e. The second kappa shape index (κ2) is 3.53. The third-order valence-electron chi connectivity index (χ3n) is 1.31. The maximum atomic E-state index is 3.47. The van der Waals surface area contributed by atoms with E-state index < -0.39 is 0 Å². The molecular formula is C8H8ISi. The first-order chi connectivity index (χ1) is 4.72. The minimum absolute atomic E-state index is 0.942. The fourth-order valence-corrected chi connectivity index (χ4v) is 2.01. The second-order valence-electron chi connectivity index (χ2n) is 2.31. The van der Waals surface area contributed by atoms with Crippen molar-refractivity contribution in [2.24, 2.45) is 0 Å². The number of halogens is 1. The molecule has 0 nitrogen and oxygen atoms in total. The van der Waals surface area contributed by atoms with Crippen molar-refractivity contribution < 1.29 is 0 Å². The summed E-state index contributed by atoms with van der Waals surface area (Å²) in [6.07, 6.45) is 0. The lowest BCUT2D eigenvalue weighted by Crippen LogP contribution is -1.86. The van der Waals surface area contributed by atoms with Gasteiger partial charge in [-0.05, 0) is 53.3 Å². The average molecular weight is 259 g/mol. The smallest absolute Gasteiger partial charge is 0.0283 e. The Morgan fingerprint density at radius 2 is 2.10 bits per heavy atom. The van der Waals surface area contributed by atoms with Gasteiger partial charge < -0.3 is 0 Å². The molecular weight excluding hydrogens is 251 g/mol. The van der Waals surface area contributed by atoms with Gasteiger partial charge in [-0.3, -0.25) is 0 Å². The molecule has 0 aliphatic rings. The van der Waals surface area contributed by atoms with Crippen molar-refractivity contribution in [3.63, 3.8) is 0 Å². The van der Waals surface area contributed by atoms with E-state index in [1.54, 1.807) is 0 Å². The SMILES string of the molecule is Cc1cc(I)cc(C[Si])c1. The van der Waals surface area contributed by atoms with Gasteiger partial charge in [-0.1, -0.05) is 11.6 Å². The van der Waals surface area contributed by atoms with Gasteiger partial charge in [0.1, 0.15) is 0 Å². The Bertz CT molecular complexity index is 212. The minimum Gasteiger partial charge on any atom is -0.0563 e. The standard InChI is InChI=1S/C8H8ISi/c1-6-2-7(5-10)4-8(9)3-6/h2-4H,5H2,1H3. The molecule has 0 N–H and O–H groups in total. The highest BCUT2D eigenvalue weighted by Crippen LogP contribution is 2.11. The van der Waals surface area contributed by atoms with E-state index in [2.05, 4.69) is 58.0 Å². The van der Waals surface area contributed by atoms with Crippen LogP contribution in [0, 0.1) is 10.5 Å². The Morgan fingerprint density at radius 3 is 2.60 bits per heavy atom. The Kier molecular flexibility index (Phi) is 2.91. The van der Waals surface area contributed by atoms with E-state index in [0.29, 0.717) is 0 Å². The molecule has 0 aliphatic heterocycles.